The highest BCUT2D eigenvalue weighted by Gasteiger charge is 2.21. The van der Waals surface area contributed by atoms with E-state index < -0.39 is 5.97 Å². The van der Waals surface area contributed by atoms with Gasteiger partial charge in [-0.2, -0.15) is 0 Å². The number of carboxylic acids is 1. The molecule has 0 atom stereocenters. The van der Waals surface area contributed by atoms with E-state index in [1.165, 1.54) is 6.07 Å². The van der Waals surface area contributed by atoms with Crippen LogP contribution in [0.15, 0.2) is 17.5 Å². The topological polar surface area (TPSA) is 37.3 Å². The molecule has 2 aromatic rings. The van der Waals surface area contributed by atoms with Crippen LogP contribution in [0.4, 0.5) is 0 Å². The zero-order chi connectivity index (χ0) is 13.4. The monoisotopic (exact) mass is 340 g/mol. The summed E-state index contributed by atoms with van der Waals surface area (Å²) in [7, 11) is 0. The fourth-order valence-electron chi connectivity index (χ4n) is 1.48. The lowest BCUT2D eigenvalue weighted by molar-refractivity contribution is 0.0703. The third-order valence-electron chi connectivity index (χ3n) is 2.24. The van der Waals surface area contributed by atoms with E-state index >= 15 is 0 Å². The summed E-state index contributed by atoms with van der Waals surface area (Å²) < 4.78 is 0. The second-order valence-corrected chi connectivity index (χ2v) is 5.80. The Morgan fingerprint density at radius 2 is 1.67 bits per heavy atom. The number of rotatable bonds is 2. The molecule has 0 fully saturated rings. The number of benzene rings is 1. The average Bonchev–Trinajstić information content (AvgIpc) is 2.76. The minimum atomic E-state index is -1.05. The van der Waals surface area contributed by atoms with Crippen molar-refractivity contribution in [2.24, 2.45) is 0 Å². The Labute approximate surface area is 127 Å². The van der Waals surface area contributed by atoms with Crippen molar-refractivity contribution in [3.63, 3.8) is 0 Å². The van der Waals surface area contributed by atoms with Crippen LogP contribution in [0.5, 0.6) is 0 Å². The summed E-state index contributed by atoms with van der Waals surface area (Å²) in [4.78, 5) is 11.2. The van der Waals surface area contributed by atoms with Crippen LogP contribution in [0.1, 0.15) is 9.67 Å². The summed E-state index contributed by atoms with van der Waals surface area (Å²) in [5, 5.41) is 11.6. The molecule has 18 heavy (non-hydrogen) atoms. The highest BCUT2D eigenvalue weighted by Crippen LogP contribution is 2.45. The summed E-state index contributed by atoms with van der Waals surface area (Å²) in [6.07, 6.45) is 0. The SMILES string of the molecule is O=C(O)c1sccc1-c1c(Cl)c(Cl)cc(Cl)c1Cl. The Bertz CT molecular complexity index is 610. The number of aromatic carboxylic acids is 1. The average molecular weight is 342 g/mol. The maximum Gasteiger partial charge on any atom is 0.346 e. The molecule has 1 heterocycles. The van der Waals surface area contributed by atoms with Gasteiger partial charge in [0, 0.05) is 11.1 Å². The fraction of sp³-hybridized carbons (Fsp3) is 0. The van der Waals surface area contributed by atoms with Gasteiger partial charge in [0.25, 0.3) is 0 Å². The van der Waals surface area contributed by atoms with Gasteiger partial charge >= 0.3 is 5.97 Å². The Hall–Kier alpha value is -0.450. The van der Waals surface area contributed by atoms with Crippen molar-refractivity contribution in [3.8, 4) is 11.1 Å². The Morgan fingerprint density at radius 3 is 2.17 bits per heavy atom. The smallest absolute Gasteiger partial charge is 0.346 e. The van der Waals surface area contributed by atoms with Gasteiger partial charge < -0.3 is 5.11 Å². The van der Waals surface area contributed by atoms with Crippen molar-refractivity contribution >= 4 is 63.7 Å². The molecule has 1 aromatic carbocycles. The Balaban J connectivity index is 2.79. The molecule has 0 aliphatic rings. The van der Waals surface area contributed by atoms with Crippen molar-refractivity contribution in [2.45, 2.75) is 0 Å². The van der Waals surface area contributed by atoms with E-state index in [0.717, 1.165) is 11.3 Å². The van der Waals surface area contributed by atoms with Crippen molar-refractivity contribution in [2.75, 3.05) is 0 Å². The predicted octanol–water partition coefficient (Wildman–Crippen LogP) is 5.73. The second kappa shape index (κ2) is 5.27. The first-order chi connectivity index (χ1) is 8.43. The first kappa shape index (κ1) is 14.0. The van der Waals surface area contributed by atoms with Gasteiger partial charge in [0.1, 0.15) is 4.88 Å². The van der Waals surface area contributed by atoms with E-state index in [2.05, 4.69) is 0 Å². The van der Waals surface area contributed by atoms with Gasteiger partial charge in [-0.1, -0.05) is 46.4 Å². The zero-order valence-corrected chi connectivity index (χ0v) is 12.3. The molecule has 0 aliphatic carbocycles. The highest BCUT2D eigenvalue weighted by atomic mass is 35.5. The first-order valence-electron chi connectivity index (χ1n) is 4.57. The largest absolute Gasteiger partial charge is 0.477 e. The predicted molar refractivity (Wildman–Crippen MR) is 76.8 cm³/mol. The molecular formula is C11H4Cl4O2S. The van der Waals surface area contributed by atoms with Crippen LogP contribution >= 0.6 is 57.7 Å². The molecule has 1 N–H and O–H groups in total. The summed E-state index contributed by atoms with van der Waals surface area (Å²) in [6, 6.07) is 3.04. The molecule has 1 aromatic heterocycles. The lowest BCUT2D eigenvalue weighted by atomic mass is 10.1. The first-order valence-corrected chi connectivity index (χ1v) is 6.96. The maximum atomic E-state index is 11.1. The molecule has 0 radical (unpaired) electrons. The van der Waals surface area contributed by atoms with Gasteiger partial charge in [0.2, 0.25) is 0 Å². The normalized spacial score (nSPS) is 10.7. The van der Waals surface area contributed by atoms with Gasteiger partial charge in [-0.25, -0.2) is 4.79 Å². The highest BCUT2D eigenvalue weighted by molar-refractivity contribution is 7.12. The van der Waals surface area contributed by atoms with Crippen LogP contribution in [0, 0.1) is 0 Å². The van der Waals surface area contributed by atoms with Gasteiger partial charge in [0.05, 0.1) is 20.1 Å². The number of thiophene rings is 1. The van der Waals surface area contributed by atoms with E-state index in [9.17, 15) is 4.79 Å². The molecule has 0 aliphatic heterocycles. The summed E-state index contributed by atoms with van der Waals surface area (Å²) in [6.45, 7) is 0. The van der Waals surface area contributed by atoms with Crippen LogP contribution in [-0.4, -0.2) is 11.1 Å². The van der Waals surface area contributed by atoms with Gasteiger partial charge in [-0.15, -0.1) is 11.3 Å². The van der Waals surface area contributed by atoms with Crippen molar-refractivity contribution in [3.05, 3.63) is 42.5 Å². The number of halogens is 4. The Morgan fingerprint density at radius 1 is 1.11 bits per heavy atom. The molecule has 0 bridgehead atoms. The standard InChI is InChI=1S/C11H4Cl4O2S/c12-5-3-6(13)9(15)7(8(5)14)4-1-2-18-10(4)11(16)17/h1-3H,(H,16,17). The number of carboxylic acid groups (broad SMARTS) is 1. The van der Waals surface area contributed by atoms with Crippen LogP contribution in [0.2, 0.25) is 20.1 Å². The fourth-order valence-corrected chi connectivity index (χ4v) is 3.23. The van der Waals surface area contributed by atoms with Crippen LogP contribution in [0.3, 0.4) is 0 Å². The van der Waals surface area contributed by atoms with E-state index in [0.29, 0.717) is 11.1 Å². The molecule has 0 spiro atoms. The van der Waals surface area contributed by atoms with Crippen molar-refractivity contribution < 1.29 is 9.90 Å². The third kappa shape index (κ3) is 2.33. The van der Waals surface area contributed by atoms with Gasteiger partial charge in [-0.3, -0.25) is 0 Å². The second-order valence-electron chi connectivity index (χ2n) is 3.31. The lowest BCUT2D eigenvalue weighted by Crippen LogP contribution is -1.95. The third-order valence-corrected chi connectivity index (χ3v) is 4.72. The maximum absolute atomic E-state index is 11.1. The van der Waals surface area contributed by atoms with Crippen molar-refractivity contribution in [1.82, 2.24) is 0 Å². The van der Waals surface area contributed by atoms with E-state index in [1.54, 1.807) is 11.4 Å². The zero-order valence-electron chi connectivity index (χ0n) is 8.51. The lowest BCUT2D eigenvalue weighted by Gasteiger charge is -2.10. The molecule has 2 nitrogen and oxygen atoms in total. The minimum Gasteiger partial charge on any atom is -0.477 e. The number of hydrogen-bond acceptors (Lipinski definition) is 2. The molecule has 0 saturated carbocycles. The number of hydrogen-bond donors (Lipinski definition) is 1. The van der Waals surface area contributed by atoms with E-state index in [-0.39, 0.29) is 25.0 Å². The molecular weight excluding hydrogens is 338 g/mol. The van der Waals surface area contributed by atoms with Crippen LogP contribution in [0.25, 0.3) is 11.1 Å². The Kier molecular flexibility index (Phi) is 4.09. The summed E-state index contributed by atoms with van der Waals surface area (Å²) in [5.41, 5.74) is 0.751. The molecule has 2 rings (SSSR count). The molecule has 0 unspecified atom stereocenters. The van der Waals surface area contributed by atoms with Crippen LogP contribution in [-0.2, 0) is 0 Å². The van der Waals surface area contributed by atoms with E-state index in [4.69, 9.17) is 51.5 Å². The summed E-state index contributed by atoms with van der Waals surface area (Å²) in [5.74, 6) is -1.05. The molecule has 7 heteroatoms. The summed E-state index contributed by atoms with van der Waals surface area (Å²) >= 11 is 25.1. The molecule has 0 saturated heterocycles. The minimum absolute atomic E-state index is 0.136. The molecule has 0 amide bonds. The van der Waals surface area contributed by atoms with Crippen LogP contribution < -0.4 is 0 Å². The number of carbonyl (C=O) groups is 1. The quantitative estimate of drug-likeness (QED) is 0.708. The van der Waals surface area contributed by atoms with Gasteiger partial charge in [0.15, 0.2) is 0 Å². The van der Waals surface area contributed by atoms with Crippen molar-refractivity contribution in [1.29, 1.82) is 0 Å². The van der Waals surface area contributed by atoms with Gasteiger partial charge in [-0.05, 0) is 17.5 Å². The molecule has 94 valence electrons. The van der Waals surface area contributed by atoms with E-state index in [1.807, 2.05) is 0 Å².